The maximum atomic E-state index is 15.7. The molecule has 0 radical (unpaired) electrons. The molecule has 3 heterocycles. The van der Waals surface area contributed by atoms with Gasteiger partial charge in [0, 0.05) is 79.2 Å². The molecule has 4 atom stereocenters. The highest BCUT2D eigenvalue weighted by molar-refractivity contribution is 6.31. The number of carbonyl (C=O) groups excluding carboxylic acids is 4. The number of likely N-dealkylation sites (N-methyl/N-ethyl adjacent to an activating group) is 1. The quantitative estimate of drug-likeness (QED) is 0.0705. The van der Waals surface area contributed by atoms with Crippen LogP contribution in [0.2, 0.25) is 10.0 Å². The van der Waals surface area contributed by atoms with E-state index in [1.807, 2.05) is 81.3 Å². The molecule has 2 aromatic heterocycles. The van der Waals surface area contributed by atoms with Gasteiger partial charge in [-0.15, -0.1) is 0 Å². The SMILES string of the molecule is COC[C@H](NC(=O)[C@H](C)CCc1c(F)cc(Cl)cc1Oc1ccc(-c2cnc(CN(C)C)n2C)cc1)C(=O)N(C)[C@@]1(Cc2ccc(Cl)cc2)CCCN(C(=O)[C@@H](CC(=O)OC(C)(C)C)Cc2cccc(C)n2)C1. The Bertz CT molecular complexity index is 2710. The van der Waals surface area contributed by atoms with E-state index in [1.165, 1.54) is 13.2 Å². The van der Waals surface area contributed by atoms with Gasteiger partial charge in [-0.2, -0.15) is 0 Å². The van der Waals surface area contributed by atoms with Crippen LogP contribution in [0.5, 0.6) is 11.5 Å². The number of nitrogens with one attached hydrogen (secondary N) is 1. The molecule has 0 unspecified atom stereocenters. The Morgan fingerprint density at radius 2 is 1.68 bits per heavy atom. The zero-order chi connectivity index (χ0) is 53.2. The average Bonchev–Trinajstić information content (AvgIpc) is 3.68. The van der Waals surface area contributed by atoms with Crippen LogP contribution < -0.4 is 10.1 Å². The number of imidazole rings is 1. The summed E-state index contributed by atoms with van der Waals surface area (Å²) >= 11 is 12.7. The second-order valence-electron chi connectivity index (χ2n) is 20.6. The summed E-state index contributed by atoms with van der Waals surface area (Å²) in [6, 6.07) is 22.0. The van der Waals surface area contributed by atoms with Crippen molar-refractivity contribution in [1.29, 1.82) is 0 Å². The minimum Gasteiger partial charge on any atom is -0.460 e. The number of pyridine rings is 1. The first-order chi connectivity index (χ1) is 34.5. The van der Waals surface area contributed by atoms with Crippen LogP contribution in [0.3, 0.4) is 0 Å². The van der Waals surface area contributed by atoms with Gasteiger partial charge in [0.2, 0.25) is 17.7 Å². The number of halogens is 3. The van der Waals surface area contributed by atoms with E-state index in [1.54, 1.807) is 74.9 Å². The van der Waals surface area contributed by atoms with E-state index in [0.29, 0.717) is 48.8 Å². The van der Waals surface area contributed by atoms with Crippen LogP contribution in [0.25, 0.3) is 11.3 Å². The van der Waals surface area contributed by atoms with Gasteiger partial charge < -0.3 is 38.8 Å². The van der Waals surface area contributed by atoms with Crippen molar-refractivity contribution in [2.24, 2.45) is 18.9 Å². The van der Waals surface area contributed by atoms with Crippen LogP contribution in [0.15, 0.2) is 85.1 Å². The topological polar surface area (TPSA) is 148 Å². The maximum Gasteiger partial charge on any atom is 0.307 e. The molecule has 392 valence electrons. The highest BCUT2D eigenvalue weighted by atomic mass is 35.5. The van der Waals surface area contributed by atoms with E-state index in [0.717, 1.165) is 28.3 Å². The standard InChI is InChI=1S/C56H70Cl2FN7O7/c1-36(15-24-45-46(59)29-42(58)30-49(45)72-44-22-18-39(19-23-44)48-32-60-50(64(48)8)33-63(6)7)52(68)62-47(34-71-10)54(70)65(9)56(31-38-16-20-41(57)21-17-38)25-12-26-66(35-56)53(69)40(28-51(67)73-55(3,4)5)27-43-14-11-13-37(2)61-43/h11,13-14,16-23,29-30,32,36,40,47H,12,15,24-28,31,33-35H2,1-10H3,(H,62,68)/t36-,40-,47+,56-/m1/s1. The van der Waals surface area contributed by atoms with Gasteiger partial charge in [-0.1, -0.05) is 48.3 Å². The number of esters is 1. The molecule has 73 heavy (non-hydrogen) atoms. The summed E-state index contributed by atoms with van der Waals surface area (Å²) in [6.45, 7) is 10.1. The summed E-state index contributed by atoms with van der Waals surface area (Å²) in [7, 11) is 9.09. The maximum absolute atomic E-state index is 15.7. The number of piperidine rings is 1. The fourth-order valence-corrected chi connectivity index (χ4v) is 9.69. The largest absolute Gasteiger partial charge is 0.460 e. The Balaban J connectivity index is 1.18. The molecule has 1 aliphatic heterocycles. The van der Waals surface area contributed by atoms with Crippen molar-refractivity contribution in [2.75, 3.05) is 47.9 Å². The molecule has 5 aromatic rings. The lowest BCUT2D eigenvalue weighted by Crippen LogP contribution is -2.65. The molecule has 0 spiro atoms. The van der Waals surface area contributed by atoms with Gasteiger partial charge in [0.1, 0.15) is 34.8 Å². The fraction of sp³-hybridized carbons (Fsp3) is 0.464. The Morgan fingerprint density at radius 3 is 2.34 bits per heavy atom. The number of methoxy groups -OCH3 is 1. The first-order valence-corrected chi connectivity index (χ1v) is 25.5. The molecule has 17 heteroatoms. The molecule has 14 nitrogen and oxygen atoms in total. The zero-order valence-corrected chi connectivity index (χ0v) is 45.3. The van der Waals surface area contributed by atoms with Crippen LogP contribution in [0, 0.1) is 24.6 Å². The normalized spacial score (nSPS) is 16.2. The van der Waals surface area contributed by atoms with Gasteiger partial charge in [0.05, 0.1) is 42.9 Å². The van der Waals surface area contributed by atoms with Gasteiger partial charge >= 0.3 is 5.97 Å². The second-order valence-corrected chi connectivity index (χ2v) is 21.4. The number of aromatic nitrogens is 3. The van der Waals surface area contributed by atoms with E-state index in [9.17, 15) is 19.2 Å². The molecule has 1 aliphatic rings. The van der Waals surface area contributed by atoms with Crippen molar-refractivity contribution in [2.45, 2.75) is 103 Å². The number of amides is 3. The van der Waals surface area contributed by atoms with E-state index in [2.05, 4.69) is 20.2 Å². The Kier molecular flexibility index (Phi) is 19.3. The van der Waals surface area contributed by atoms with Crippen molar-refractivity contribution < 1.29 is 37.8 Å². The summed E-state index contributed by atoms with van der Waals surface area (Å²) in [4.78, 5) is 71.7. The number of hydrogen-bond donors (Lipinski definition) is 1. The lowest BCUT2D eigenvalue weighted by Gasteiger charge is -2.49. The molecule has 6 rings (SSSR count). The van der Waals surface area contributed by atoms with E-state index < -0.39 is 52.6 Å². The summed E-state index contributed by atoms with van der Waals surface area (Å²) in [5, 5.41) is 3.64. The minimum atomic E-state index is -1.11. The van der Waals surface area contributed by atoms with Crippen LogP contribution >= 0.6 is 23.2 Å². The number of aryl methyl sites for hydroxylation is 1. The van der Waals surface area contributed by atoms with Crippen molar-refractivity contribution >= 4 is 46.9 Å². The highest BCUT2D eigenvalue weighted by Crippen LogP contribution is 2.36. The number of nitrogens with zero attached hydrogens (tertiary/aromatic N) is 6. The molecule has 1 fully saturated rings. The molecule has 0 saturated carbocycles. The average molecular weight is 1040 g/mol. The smallest absolute Gasteiger partial charge is 0.307 e. The van der Waals surface area contributed by atoms with Gasteiger partial charge in [-0.05, 0) is 140 Å². The van der Waals surface area contributed by atoms with Gasteiger partial charge in [0.15, 0.2) is 0 Å². The van der Waals surface area contributed by atoms with Crippen LogP contribution in [-0.2, 0) is 61.5 Å². The Labute approximate surface area is 439 Å². The molecule has 3 amide bonds. The lowest BCUT2D eigenvalue weighted by atomic mass is 9.80. The molecule has 3 aromatic carbocycles. The van der Waals surface area contributed by atoms with Crippen molar-refractivity contribution in [3.05, 3.63) is 129 Å². The summed E-state index contributed by atoms with van der Waals surface area (Å²) in [6.07, 6.45) is 3.67. The monoisotopic (exact) mass is 1040 g/mol. The van der Waals surface area contributed by atoms with E-state index in [-0.39, 0.29) is 61.1 Å². The number of ether oxygens (including phenoxy) is 3. The van der Waals surface area contributed by atoms with Gasteiger partial charge in [-0.25, -0.2) is 9.37 Å². The van der Waals surface area contributed by atoms with Gasteiger partial charge in [0.25, 0.3) is 0 Å². The lowest BCUT2D eigenvalue weighted by molar-refractivity contribution is -0.159. The predicted molar refractivity (Wildman–Crippen MR) is 282 cm³/mol. The second kappa shape index (κ2) is 24.9. The molecule has 1 saturated heterocycles. The summed E-state index contributed by atoms with van der Waals surface area (Å²) in [5.41, 5.74) is 2.78. The number of benzene rings is 3. The molecular formula is C56H70Cl2FN7O7. The van der Waals surface area contributed by atoms with Gasteiger partial charge in [-0.3, -0.25) is 24.2 Å². The third-order valence-electron chi connectivity index (χ3n) is 13.2. The summed E-state index contributed by atoms with van der Waals surface area (Å²) in [5.74, 6) is -1.99. The first-order valence-electron chi connectivity index (χ1n) is 24.7. The van der Waals surface area contributed by atoms with Crippen LogP contribution in [0.1, 0.15) is 81.7 Å². The number of likely N-dealkylation sites (tertiary alicyclic amines) is 1. The van der Waals surface area contributed by atoms with Crippen molar-refractivity contribution in [3.63, 3.8) is 0 Å². The third-order valence-corrected chi connectivity index (χ3v) is 13.7. The van der Waals surface area contributed by atoms with Crippen LogP contribution in [0.4, 0.5) is 4.39 Å². The minimum absolute atomic E-state index is 0.125. The first kappa shape index (κ1) is 56.4. The number of rotatable bonds is 21. The molecule has 1 N–H and O–H groups in total. The molecule has 0 aliphatic carbocycles. The van der Waals surface area contributed by atoms with Crippen molar-refractivity contribution in [3.8, 4) is 22.8 Å². The molecular weight excluding hydrogens is 973 g/mol. The number of carbonyl (C=O) groups is 4. The fourth-order valence-electron chi connectivity index (χ4n) is 9.37. The summed E-state index contributed by atoms with van der Waals surface area (Å²) < 4.78 is 35.2. The number of hydrogen-bond acceptors (Lipinski definition) is 10. The van der Waals surface area contributed by atoms with E-state index >= 15 is 4.39 Å². The Morgan fingerprint density at radius 1 is 0.973 bits per heavy atom. The Hall–Kier alpha value is -5.87. The zero-order valence-electron chi connectivity index (χ0n) is 43.8. The van der Waals surface area contributed by atoms with E-state index in [4.69, 9.17) is 37.4 Å². The third kappa shape index (κ3) is 15.3. The molecule has 0 bridgehead atoms. The van der Waals surface area contributed by atoms with Crippen LogP contribution in [-0.4, -0.2) is 118 Å². The highest BCUT2D eigenvalue weighted by Gasteiger charge is 2.45. The van der Waals surface area contributed by atoms with Crippen molar-refractivity contribution in [1.82, 2.24) is 34.6 Å². The predicted octanol–water partition coefficient (Wildman–Crippen LogP) is 9.44.